The van der Waals surface area contributed by atoms with Gasteiger partial charge in [-0.1, -0.05) is 37.1 Å². The molecule has 1 atom stereocenters. The molecule has 2 aromatic rings. The summed E-state index contributed by atoms with van der Waals surface area (Å²) in [6.45, 7) is 2.46. The number of hydrogen-bond donors (Lipinski definition) is 1. The Kier molecular flexibility index (Phi) is 6.05. The van der Waals surface area contributed by atoms with Crippen LogP contribution < -0.4 is 4.74 Å². The number of carbonyl (C=O) groups excluding carboxylic acids is 2. The van der Waals surface area contributed by atoms with Crippen molar-refractivity contribution < 1.29 is 19.4 Å². The second-order valence-corrected chi connectivity index (χ2v) is 7.06. The van der Waals surface area contributed by atoms with Crippen molar-refractivity contribution in [3.8, 4) is 5.75 Å². The molecular weight excluding hydrogens is 378 g/mol. The van der Waals surface area contributed by atoms with Crippen LogP contribution in [0.2, 0.25) is 5.02 Å². The number of benzene rings is 2. The van der Waals surface area contributed by atoms with E-state index in [-0.39, 0.29) is 11.3 Å². The minimum absolute atomic E-state index is 0.0913. The molecule has 1 aliphatic heterocycles. The standard InChI is InChI=1S/C22H22ClNO4/c1-3-4-13-24-19(14-7-11-17(28-2)12-8-14)18(21(26)22(24)27)20(25)15-5-9-16(23)10-6-15/h5-12,19,25H,3-4,13H2,1-2H3/b20-18+/t19-/m0/s1. The number of halogens is 1. The topological polar surface area (TPSA) is 66.8 Å². The van der Waals surface area contributed by atoms with Crippen LogP contribution in [-0.4, -0.2) is 35.4 Å². The minimum atomic E-state index is -0.677. The molecule has 0 aromatic heterocycles. The van der Waals surface area contributed by atoms with Crippen molar-refractivity contribution in [3.63, 3.8) is 0 Å². The molecule has 0 bridgehead atoms. The third-order valence-corrected chi connectivity index (χ3v) is 5.09. The molecule has 3 rings (SSSR count). The molecule has 146 valence electrons. The van der Waals surface area contributed by atoms with Crippen molar-refractivity contribution in [2.45, 2.75) is 25.8 Å². The van der Waals surface area contributed by atoms with Crippen molar-refractivity contribution in [2.24, 2.45) is 0 Å². The van der Waals surface area contributed by atoms with Gasteiger partial charge in [-0.2, -0.15) is 0 Å². The zero-order chi connectivity index (χ0) is 20.3. The van der Waals surface area contributed by atoms with E-state index < -0.39 is 17.7 Å². The summed E-state index contributed by atoms with van der Waals surface area (Å²) in [6.07, 6.45) is 1.65. The van der Waals surface area contributed by atoms with Gasteiger partial charge in [-0.3, -0.25) is 9.59 Å². The summed E-state index contributed by atoms with van der Waals surface area (Å²) in [5.41, 5.74) is 1.27. The van der Waals surface area contributed by atoms with Gasteiger partial charge >= 0.3 is 0 Å². The predicted molar refractivity (Wildman–Crippen MR) is 108 cm³/mol. The molecule has 1 aliphatic rings. The van der Waals surface area contributed by atoms with Gasteiger partial charge in [0.15, 0.2) is 0 Å². The predicted octanol–water partition coefficient (Wildman–Crippen LogP) is 4.57. The Hall–Kier alpha value is -2.79. The zero-order valence-electron chi connectivity index (χ0n) is 15.8. The maximum Gasteiger partial charge on any atom is 0.295 e. The van der Waals surface area contributed by atoms with E-state index in [2.05, 4.69) is 0 Å². The van der Waals surface area contributed by atoms with Crippen LogP contribution >= 0.6 is 11.6 Å². The SMILES string of the molecule is CCCCN1C(=O)C(=O)/C(=C(/O)c2ccc(Cl)cc2)[C@@H]1c1ccc(OC)cc1. The molecule has 28 heavy (non-hydrogen) atoms. The van der Waals surface area contributed by atoms with Crippen LogP contribution in [0.4, 0.5) is 0 Å². The first kappa shape index (κ1) is 20.0. The number of likely N-dealkylation sites (tertiary alicyclic amines) is 1. The lowest BCUT2D eigenvalue weighted by atomic mass is 9.95. The number of rotatable bonds is 6. The van der Waals surface area contributed by atoms with E-state index in [4.69, 9.17) is 16.3 Å². The molecule has 1 N–H and O–H groups in total. The van der Waals surface area contributed by atoms with E-state index in [9.17, 15) is 14.7 Å². The van der Waals surface area contributed by atoms with Gasteiger partial charge in [0.2, 0.25) is 0 Å². The van der Waals surface area contributed by atoms with Crippen LogP contribution in [-0.2, 0) is 9.59 Å². The Morgan fingerprint density at radius 1 is 1.11 bits per heavy atom. The third-order valence-electron chi connectivity index (χ3n) is 4.84. The maximum absolute atomic E-state index is 12.8. The summed E-state index contributed by atoms with van der Waals surface area (Å²) in [5, 5.41) is 11.4. The molecule has 1 amide bonds. The van der Waals surface area contributed by atoms with Crippen LogP contribution in [0.3, 0.4) is 0 Å². The monoisotopic (exact) mass is 399 g/mol. The Morgan fingerprint density at radius 2 is 1.75 bits per heavy atom. The molecule has 0 saturated carbocycles. The van der Waals surface area contributed by atoms with Crippen molar-refractivity contribution in [1.82, 2.24) is 4.90 Å². The van der Waals surface area contributed by atoms with Gasteiger partial charge in [-0.15, -0.1) is 0 Å². The van der Waals surface area contributed by atoms with Crippen LogP contribution in [0.25, 0.3) is 5.76 Å². The number of ketones is 1. The fraction of sp³-hybridized carbons (Fsp3) is 0.273. The van der Waals surface area contributed by atoms with E-state index in [1.165, 1.54) is 4.90 Å². The highest BCUT2D eigenvalue weighted by Crippen LogP contribution is 2.40. The van der Waals surface area contributed by atoms with Gasteiger partial charge in [0.05, 0.1) is 18.7 Å². The summed E-state index contributed by atoms with van der Waals surface area (Å²) in [7, 11) is 1.57. The number of carbonyl (C=O) groups is 2. The number of unbranched alkanes of at least 4 members (excludes halogenated alkanes) is 1. The van der Waals surface area contributed by atoms with Gasteiger partial charge in [0.1, 0.15) is 11.5 Å². The second kappa shape index (κ2) is 8.48. The first-order valence-electron chi connectivity index (χ1n) is 9.16. The van der Waals surface area contributed by atoms with Crippen molar-refractivity contribution in [1.29, 1.82) is 0 Å². The molecule has 0 spiro atoms. The minimum Gasteiger partial charge on any atom is -0.507 e. The molecule has 0 unspecified atom stereocenters. The van der Waals surface area contributed by atoms with Gasteiger partial charge in [-0.25, -0.2) is 0 Å². The van der Waals surface area contributed by atoms with Crippen LogP contribution in [0, 0.1) is 0 Å². The first-order chi connectivity index (χ1) is 13.5. The third kappa shape index (κ3) is 3.76. The zero-order valence-corrected chi connectivity index (χ0v) is 16.6. The van der Waals surface area contributed by atoms with E-state index in [1.54, 1.807) is 43.5 Å². The van der Waals surface area contributed by atoms with Crippen LogP contribution in [0.1, 0.15) is 36.9 Å². The Morgan fingerprint density at radius 3 is 2.32 bits per heavy atom. The average molecular weight is 400 g/mol. The quantitative estimate of drug-likeness (QED) is 0.439. The van der Waals surface area contributed by atoms with Crippen molar-refractivity contribution in [2.75, 3.05) is 13.7 Å². The molecule has 6 heteroatoms. The Labute approximate surface area is 169 Å². The fourth-order valence-electron chi connectivity index (χ4n) is 3.34. The summed E-state index contributed by atoms with van der Waals surface area (Å²) < 4.78 is 5.20. The second-order valence-electron chi connectivity index (χ2n) is 6.63. The number of methoxy groups -OCH3 is 1. The maximum atomic E-state index is 12.8. The fourth-order valence-corrected chi connectivity index (χ4v) is 3.46. The van der Waals surface area contributed by atoms with Gasteiger partial charge in [-0.05, 0) is 48.4 Å². The summed E-state index contributed by atoms with van der Waals surface area (Å²) in [5.74, 6) is -0.795. The molecule has 5 nitrogen and oxygen atoms in total. The van der Waals surface area contributed by atoms with E-state index >= 15 is 0 Å². The molecule has 1 fully saturated rings. The normalized spacial score (nSPS) is 18.5. The van der Waals surface area contributed by atoms with Gasteiger partial charge in [0, 0.05) is 17.1 Å². The number of ether oxygens (including phenoxy) is 1. The number of nitrogens with zero attached hydrogens (tertiary/aromatic N) is 1. The van der Waals surface area contributed by atoms with E-state index in [0.717, 1.165) is 18.4 Å². The number of aliphatic hydroxyl groups excluding tert-OH is 1. The lowest BCUT2D eigenvalue weighted by Gasteiger charge is -2.25. The summed E-state index contributed by atoms with van der Waals surface area (Å²) >= 11 is 5.92. The summed E-state index contributed by atoms with van der Waals surface area (Å²) in [4.78, 5) is 27.0. The molecule has 1 saturated heterocycles. The largest absolute Gasteiger partial charge is 0.507 e. The number of Topliss-reactive ketones (excluding diaryl/α,β-unsaturated/α-hetero) is 1. The van der Waals surface area contributed by atoms with E-state index in [0.29, 0.717) is 22.9 Å². The molecular formula is C22H22ClNO4. The highest BCUT2D eigenvalue weighted by molar-refractivity contribution is 6.46. The smallest absolute Gasteiger partial charge is 0.295 e. The number of amides is 1. The lowest BCUT2D eigenvalue weighted by Crippen LogP contribution is -2.30. The molecule has 0 radical (unpaired) electrons. The van der Waals surface area contributed by atoms with Gasteiger partial charge in [0.25, 0.3) is 11.7 Å². The number of hydrogen-bond acceptors (Lipinski definition) is 4. The highest BCUT2D eigenvalue weighted by atomic mass is 35.5. The average Bonchev–Trinajstić information content (AvgIpc) is 2.97. The van der Waals surface area contributed by atoms with Crippen LogP contribution in [0.15, 0.2) is 54.1 Å². The Balaban J connectivity index is 2.13. The van der Waals surface area contributed by atoms with Crippen LogP contribution in [0.5, 0.6) is 5.75 Å². The summed E-state index contributed by atoms with van der Waals surface area (Å²) in [6, 6.07) is 13.0. The van der Waals surface area contributed by atoms with E-state index in [1.807, 2.05) is 19.1 Å². The van der Waals surface area contributed by atoms with Crippen molar-refractivity contribution in [3.05, 3.63) is 70.3 Å². The highest BCUT2D eigenvalue weighted by Gasteiger charge is 2.45. The van der Waals surface area contributed by atoms with Gasteiger partial charge < -0.3 is 14.7 Å². The molecule has 2 aromatic carbocycles. The number of aliphatic hydroxyl groups is 1. The van der Waals surface area contributed by atoms with Crippen molar-refractivity contribution >= 4 is 29.1 Å². The molecule has 0 aliphatic carbocycles. The Bertz CT molecular complexity index is 903. The lowest BCUT2D eigenvalue weighted by molar-refractivity contribution is -0.139. The first-order valence-corrected chi connectivity index (χ1v) is 9.54. The molecule has 1 heterocycles.